The second-order valence-electron chi connectivity index (χ2n) is 9.42. The Hall–Kier alpha value is -3.35. The first kappa shape index (κ1) is 21.5. The van der Waals surface area contributed by atoms with E-state index in [1.807, 2.05) is 35.2 Å². The minimum absolute atomic E-state index is 0.0560. The van der Waals surface area contributed by atoms with Gasteiger partial charge in [0.1, 0.15) is 6.10 Å². The Morgan fingerprint density at radius 1 is 1.09 bits per heavy atom. The zero-order valence-electron chi connectivity index (χ0n) is 18.8. The number of hydrogen-bond acceptors (Lipinski definition) is 4. The summed E-state index contributed by atoms with van der Waals surface area (Å²) in [5.41, 5.74) is 3.27. The van der Waals surface area contributed by atoms with Gasteiger partial charge in [0.2, 0.25) is 11.8 Å². The standard InChI is InChI=1S/C26H29N3O4/c1-18(30)27-14-23-16-29(25(32)33-23)22-10-8-20(9-11-22)26-13-21(26)15-28(17-26)24(31)12-7-19-5-3-2-4-6-19/h2-6,8-11,21,23H,7,12-17H2,1H3,(H,27,30)/t21?,23-,26?/m0/s1. The number of piperidine rings is 1. The lowest BCUT2D eigenvalue weighted by atomic mass is 9.94. The van der Waals surface area contributed by atoms with Crippen molar-refractivity contribution in [2.24, 2.45) is 5.92 Å². The fraction of sp³-hybridized carbons (Fsp3) is 0.423. The van der Waals surface area contributed by atoms with Crippen LogP contribution < -0.4 is 10.2 Å². The van der Waals surface area contributed by atoms with E-state index in [4.69, 9.17) is 4.74 Å². The van der Waals surface area contributed by atoms with Crippen LogP contribution in [0.5, 0.6) is 0 Å². The van der Waals surface area contributed by atoms with Gasteiger partial charge in [-0.05, 0) is 42.0 Å². The second-order valence-corrected chi connectivity index (χ2v) is 9.42. The highest BCUT2D eigenvalue weighted by Crippen LogP contribution is 2.59. The van der Waals surface area contributed by atoms with Crippen molar-refractivity contribution in [3.05, 3.63) is 65.7 Å². The number of nitrogens with zero attached hydrogens (tertiary/aromatic N) is 2. The minimum Gasteiger partial charge on any atom is -0.442 e. The smallest absolute Gasteiger partial charge is 0.414 e. The van der Waals surface area contributed by atoms with Gasteiger partial charge in [-0.2, -0.15) is 0 Å². The maximum Gasteiger partial charge on any atom is 0.414 e. The van der Waals surface area contributed by atoms with Crippen molar-refractivity contribution in [2.75, 3.05) is 31.1 Å². The van der Waals surface area contributed by atoms with Crippen molar-refractivity contribution in [1.82, 2.24) is 10.2 Å². The number of aryl methyl sites for hydroxylation is 1. The molecule has 2 heterocycles. The van der Waals surface area contributed by atoms with Crippen LogP contribution in [0.25, 0.3) is 0 Å². The molecule has 2 saturated heterocycles. The summed E-state index contributed by atoms with van der Waals surface area (Å²) in [6.07, 6.45) is 1.69. The molecule has 2 aromatic rings. The van der Waals surface area contributed by atoms with E-state index >= 15 is 0 Å². The van der Waals surface area contributed by atoms with Crippen LogP contribution in [-0.2, 0) is 26.2 Å². The zero-order valence-corrected chi connectivity index (χ0v) is 18.8. The zero-order chi connectivity index (χ0) is 23.0. The maximum atomic E-state index is 12.8. The number of carbonyl (C=O) groups is 3. The van der Waals surface area contributed by atoms with Crippen molar-refractivity contribution >= 4 is 23.6 Å². The molecule has 2 aromatic carbocycles. The first-order chi connectivity index (χ1) is 15.9. The summed E-state index contributed by atoms with van der Waals surface area (Å²) in [4.78, 5) is 39.8. The number of amides is 3. The van der Waals surface area contributed by atoms with Crippen LogP contribution in [0, 0.1) is 5.92 Å². The average Bonchev–Trinajstić information content (AvgIpc) is 3.19. The van der Waals surface area contributed by atoms with Gasteiger partial charge in [0.25, 0.3) is 0 Å². The predicted molar refractivity (Wildman–Crippen MR) is 124 cm³/mol. The van der Waals surface area contributed by atoms with Crippen molar-refractivity contribution < 1.29 is 19.1 Å². The van der Waals surface area contributed by atoms with E-state index in [2.05, 4.69) is 29.6 Å². The lowest BCUT2D eigenvalue weighted by molar-refractivity contribution is -0.130. The molecule has 3 aliphatic rings. The third kappa shape index (κ3) is 4.32. The Bertz CT molecular complexity index is 1050. The number of cyclic esters (lactones) is 1. The van der Waals surface area contributed by atoms with Crippen LogP contribution in [0.1, 0.15) is 30.9 Å². The number of nitrogens with one attached hydrogen (secondary N) is 1. The monoisotopic (exact) mass is 447 g/mol. The summed E-state index contributed by atoms with van der Waals surface area (Å²) < 4.78 is 5.36. The summed E-state index contributed by atoms with van der Waals surface area (Å²) in [6, 6.07) is 18.2. The number of hydrogen-bond donors (Lipinski definition) is 1. The van der Waals surface area contributed by atoms with Crippen LogP contribution in [0.3, 0.4) is 0 Å². The van der Waals surface area contributed by atoms with Gasteiger partial charge < -0.3 is 15.0 Å². The van der Waals surface area contributed by atoms with Crippen molar-refractivity contribution in [1.29, 1.82) is 0 Å². The van der Waals surface area contributed by atoms with Gasteiger partial charge in [0.05, 0.1) is 13.1 Å². The molecule has 172 valence electrons. The molecule has 7 nitrogen and oxygen atoms in total. The summed E-state index contributed by atoms with van der Waals surface area (Å²) >= 11 is 0. The highest BCUT2D eigenvalue weighted by atomic mass is 16.6. The van der Waals surface area contributed by atoms with Crippen molar-refractivity contribution in [3.63, 3.8) is 0 Å². The molecule has 5 rings (SSSR count). The molecule has 33 heavy (non-hydrogen) atoms. The third-order valence-corrected chi connectivity index (χ3v) is 7.18. The Labute approximate surface area is 193 Å². The number of fused-ring (bicyclic) bond motifs is 1. The summed E-state index contributed by atoms with van der Waals surface area (Å²) in [5, 5.41) is 2.69. The third-order valence-electron chi connectivity index (χ3n) is 7.18. The molecule has 7 heteroatoms. The maximum absolute atomic E-state index is 12.8. The summed E-state index contributed by atoms with van der Waals surface area (Å²) in [5.74, 6) is 0.603. The molecule has 3 amide bonds. The van der Waals surface area contributed by atoms with Crippen molar-refractivity contribution in [3.8, 4) is 0 Å². The molecule has 1 aliphatic carbocycles. The summed E-state index contributed by atoms with van der Waals surface area (Å²) in [7, 11) is 0. The lowest BCUT2D eigenvalue weighted by Gasteiger charge is -2.22. The molecule has 2 aliphatic heterocycles. The number of rotatable bonds is 7. The van der Waals surface area contributed by atoms with Crippen LogP contribution >= 0.6 is 0 Å². The Morgan fingerprint density at radius 2 is 1.85 bits per heavy atom. The van der Waals surface area contributed by atoms with Gasteiger partial charge in [-0.25, -0.2) is 4.79 Å². The number of anilines is 1. The van der Waals surface area contributed by atoms with Gasteiger partial charge in [-0.15, -0.1) is 0 Å². The predicted octanol–water partition coefficient (Wildman–Crippen LogP) is 2.88. The molecule has 3 fully saturated rings. The van der Waals surface area contributed by atoms with Gasteiger partial charge in [-0.3, -0.25) is 14.5 Å². The molecular formula is C26H29N3O4. The number of benzene rings is 2. The molecule has 3 atom stereocenters. The number of likely N-dealkylation sites (tertiary alicyclic amines) is 1. The highest BCUT2D eigenvalue weighted by Gasteiger charge is 2.61. The first-order valence-corrected chi connectivity index (χ1v) is 11.6. The minimum atomic E-state index is -0.392. The van der Waals surface area contributed by atoms with E-state index in [9.17, 15) is 14.4 Å². The van der Waals surface area contributed by atoms with E-state index in [0.717, 1.165) is 31.6 Å². The lowest BCUT2D eigenvalue weighted by Crippen LogP contribution is -2.33. The highest BCUT2D eigenvalue weighted by molar-refractivity contribution is 5.90. The van der Waals surface area contributed by atoms with E-state index < -0.39 is 6.09 Å². The van der Waals surface area contributed by atoms with E-state index in [1.54, 1.807) is 4.90 Å². The van der Waals surface area contributed by atoms with E-state index in [-0.39, 0.29) is 23.3 Å². The van der Waals surface area contributed by atoms with Crippen LogP contribution in [-0.4, -0.2) is 55.1 Å². The molecule has 0 spiro atoms. The van der Waals surface area contributed by atoms with Crippen LogP contribution in [0.15, 0.2) is 54.6 Å². The van der Waals surface area contributed by atoms with Crippen LogP contribution in [0.4, 0.5) is 10.5 Å². The Kier molecular flexibility index (Phi) is 5.56. The van der Waals surface area contributed by atoms with Gasteiger partial charge >= 0.3 is 6.09 Å². The molecule has 0 aromatic heterocycles. The topological polar surface area (TPSA) is 79.0 Å². The molecule has 0 radical (unpaired) electrons. The Morgan fingerprint density at radius 3 is 2.58 bits per heavy atom. The van der Waals surface area contributed by atoms with E-state index in [1.165, 1.54) is 18.1 Å². The quantitative estimate of drug-likeness (QED) is 0.708. The van der Waals surface area contributed by atoms with Gasteiger partial charge in [0, 0.05) is 37.5 Å². The molecule has 0 bridgehead atoms. The molecular weight excluding hydrogens is 418 g/mol. The normalized spacial score (nSPS) is 25.5. The number of carbonyl (C=O) groups excluding carboxylic acids is 3. The molecule has 1 N–H and O–H groups in total. The average molecular weight is 448 g/mol. The van der Waals surface area contributed by atoms with Crippen molar-refractivity contribution in [2.45, 2.75) is 37.7 Å². The fourth-order valence-electron chi connectivity index (χ4n) is 5.24. The van der Waals surface area contributed by atoms with Gasteiger partial charge in [0.15, 0.2) is 0 Å². The van der Waals surface area contributed by atoms with Gasteiger partial charge in [-0.1, -0.05) is 42.5 Å². The fourth-order valence-corrected chi connectivity index (χ4v) is 5.24. The second kappa shape index (κ2) is 8.54. The SMILES string of the molecule is CC(=O)NC[C@H]1CN(c2ccc(C34CC3CN(C(=O)CCc3ccccc3)C4)cc2)C(=O)O1. The molecule has 1 saturated carbocycles. The largest absolute Gasteiger partial charge is 0.442 e. The first-order valence-electron chi connectivity index (χ1n) is 11.6. The summed E-state index contributed by atoms with van der Waals surface area (Å²) in [6.45, 7) is 3.77. The molecule has 2 unspecified atom stereocenters. The van der Waals surface area contributed by atoms with E-state index in [0.29, 0.717) is 25.4 Å². The van der Waals surface area contributed by atoms with Crippen LogP contribution in [0.2, 0.25) is 0 Å². The Balaban J connectivity index is 1.18. The number of ether oxygens (including phenoxy) is 1.